The van der Waals surface area contributed by atoms with E-state index in [4.69, 9.17) is 13.8 Å². The van der Waals surface area contributed by atoms with Crippen molar-refractivity contribution in [2.75, 3.05) is 47.5 Å². The largest absolute Gasteiger partial charge is 0.499 e. The van der Waals surface area contributed by atoms with Crippen LogP contribution in [0.2, 0.25) is 0 Å². The van der Waals surface area contributed by atoms with Crippen LogP contribution in [0.15, 0.2) is 12.3 Å². The fourth-order valence-electron chi connectivity index (χ4n) is 2.75. The van der Waals surface area contributed by atoms with Crippen molar-refractivity contribution in [3.8, 4) is 0 Å². The van der Waals surface area contributed by atoms with Gasteiger partial charge in [-0.2, -0.15) is 0 Å². The second kappa shape index (κ2) is 18.2. The number of allylic oxidation sites excluding steroid dienone is 1. The predicted molar refractivity (Wildman–Crippen MR) is 122 cm³/mol. The summed E-state index contributed by atoms with van der Waals surface area (Å²) in [5, 5.41) is 9.78. The van der Waals surface area contributed by atoms with Crippen molar-refractivity contribution in [1.29, 1.82) is 0 Å². The van der Waals surface area contributed by atoms with E-state index < -0.39 is 13.9 Å². The molecule has 0 saturated heterocycles. The lowest BCUT2D eigenvalue weighted by Gasteiger charge is -2.24. The van der Waals surface area contributed by atoms with Gasteiger partial charge in [-0.1, -0.05) is 64.7 Å². The monoisotopic (exact) mass is 452 g/mol. The summed E-state index contributed by atoms with van der Waals surface area (Å²) in [5.74, 6) is 0. The van der Waals surface area contributed by atoms with Gasteiger partial charge in [0.05, 0.1) is 34.0 Å². The van der Waals surface area contributed by atoms with Crippen LogP contribution in [0.3, 0.4) is 0 Å². The Bertz CT molecular complexity index is 467. The molecule has 2 unspecified atom stereocenters. The van der Waals surface area contributed by atoms with Crippen molar-refractivity contribution in [3.05, 3.63) is 12.3 Å². The third-order valence-electron chi connectivity index (χ3n) is 4.65. The van der Waals surface area contributed by atoms with Gasteiger partial charge in [-0.25, -0.2) is 4.57 Å². The zero-order chi connectivity index (χ0) is 22.7. The van der Waals surface area contributed by atoms with Crippen LogP contribution in [-0.4, -0.2) is 68.1 Å². The first-order valence-corrected chi connectivity index (χ1v) is 13.0. The molecule has 2 N–H and O–H groups in total. The van der Waals surface area contributed by atoms with E-state index in [1.54, 1.807) is 6.26 Å². The molecule has 0 bridgehead atoms. The first-order chi connectivity index (χ1) is 14.2. The first kappa shape index (κ1) is 29.6. The first-order valence-electron chi connectivity index (χ1n) is 11.5. The number of ether oxygens (including phenoxy) is 1. The fraction of sp³-hybridized carbons (Fsp3) is 0.909. The van der Waals surface area contributed by atoms with Crippen LogP contribution in [0.1, 0.15) is 77.6 Å². The zero-order valence-electron chi connectivity index (χ0n) is 19.8. The van der Waals surface area contributed by atoms with Crippen molar-refractivity contribution in [2.45, 2.75) is 83.7 Å². The van der Waals surface area contributed by atoms with E-state index in [1.807, 2.05) is 27.2 Å². The van der Waals surface area contributed by atoms with Gasteiger partial charge in [0.2, 0.25) is 0 Å². The molecular formula is C22H47NO6P+. The highest BCUT2D eigenvalue weighted by Gasteiger charge is 2.24. The summed E-state index contributed by atoms with van der Waals surface area (Å²) < 4.78 is 27.3. The summed E-state index contributed by atoms with van der Waals surface area (Å²) in [7, 11) is 1.72. The van der Waals surface area contributed by atoms with E-state index in [2.05, 4.69) is 6.92 Å². The highest BCUT2D eigenvalue weighted by molar-refractivity contribution is 7.47. The van der Waals surface area contributed by atoms with Gasteiger partial charge in [-0.15, -0.1) is 0 Å². The summed E-state index contributed by atoms with van der Waals surface area (Å²) >= 11 is 0. The number of hydrogen-bond donors (Lipinski definition) is 2. The number of phosphoric ester groups is 1. The van der Waals surface area contributed by atoms with Gasteiger partial charge < -0.3 is 19.2 Å². The average Bonchev–Trinajstić information content (AvgIpc) is 2.65. The highest BCUT2D eigenvalue weighted by atomic mass is 31.2. The molecule has 0 aliphatic heterocycles. The Hall–Kier alpha value is -0.430. The van der Waals surface area contributed by atoms with Gasteiger partial charge in [0.15, 0.2) is 0 Å². The number of nitrogens with zero attached hydrogens (tertiary/aromatic N) is 1. The third-order valence-corrected chi connectivity index (χ3v) is 5.64. The molecular weight excluding hydrogens is 405 g/mol. The van der Waals surface area contributed by atoms with Crippen molar-refractivity contribution >= 4 is 7.82 Å². The Morgan fingerprint density at radius 1 is 0.900 bits per heavy atom. The summed E-state index contributed by atoms with van der Waals surface area (Å²) in [4.78, 5) is 9.59. The Kier molecular flexibility index (Phi) is 17.9. The van der Waals surface area contributed by atoms with Gasteiger partial charge in [0, 0.05) is 0 Å². The SMILES string of the molecule is CCCCCCCCCCCC/C=C\OCC(O)COP(=O)(O)OCC[N+](C)(C)C. The number of quaternary nitrogens is 1. The standard InChI is InChI=1S/C22H46NO6P/c1-5-6-7-8-9-10-11-12-13-14-15-16-18-27-20-22(24)21-29-30(25,26)28-19-17-23(2,3)4/h16,18,22,24H,5-15,17,19-21H2,1-4H3/p+1/b18-16-. The predicted octanol–water partition coefficient (Wildman–Crippen LogP) is 5.03. The Morgan fingerprint density at radius 2 is 1.47 bits per heavy atom. The van der Waals surface area contributed by atoms with Crippen LogP contribution >= 0.6 is 7.82 Å². The number of aliphatic hydroxyl groups is 1. The van der Waals surface area contributed by atoms with Crippen LogP contribution in [0.4, 0.5) is 0 Å². The highest BCUT2D eigenvalue weighted by Crippen LogP contribution is 2.43. The lowest BCUT2D eigenvalue weighted by atomic mass is 10.1. The van der Waals surface area contributed by atoms with E-state index in [9.17, 15) is 14.6 Å². The summed E-state index contributed by atoms with van der Waals surface area (Å²) in [5.41, 5.74) is 0. The van der Waals surface area contributed by atoms with Crippen molar-refractivity contribution in [1.82, 2.24) is 0 Å². The molecule has 0 fully saturated rings. The minimum Gasteiger partial charge on any atom is -0.499 e. The number of hydrogen-bond acceptors (Lipinski definition) is 5. The molecule has 0 aromatic rings. The van der Waals surface area contributed by atoms with Crippen molar-refractivity contribution < 1.29 is 32.8 Å². The molecule has 8 heteroatoms. The summed E-state index contributed by atoms with van der Waals surface area (Å²) in [6, 6.07) is 0. The maximum Gasteiger partial charge on any atom is 0.472 e. The molecule has 0 aromatic carbocycles. The van der Waals surface area contributed by atoms with E-state index >= 15 is 0 Å². The number of likely N-dealkylation sites (N-methyl/N-ethyl adjacent to an activating group) is 1. The second-order valence-corrected chi connectivity index (χ2v) is 10.4. The molecule has 0 aliphatic rings. The third kappa shape index (κ3) is 22.3. The average molecular weight is 453 g/mol. The molecule has 7 nitrogen and oxygen atoms in total. The molecule has 0 radical (unpaired) electrons. The van der Waals surface area contributed by atoms with Gasteiger partial charge in [-0.05, 0) is 18.9 Å². The van der Waals surface area contributed by atoms with E-state index in [0.29, 0.717) is 11.0 Å². The molecule has 0 heterocycles. The van der Waals surface area contributed by atoms with Crippen LogP contribution in [0.5, 0.6) is 0 Å². The Morgan fingerprint density at radius 3 is 2.03 bits per heavy atom. The molecule has 0 rings (SSSR count). The topological polar surface area (TPSA) is 85.2 Å². The molecule has 0 spiro atoms. The van der Waals surface area contributed by atoms with E-state index in [0.717, 1.165) is 12.8 Å². The number of unbranched alkanes of at least 4 members (excludes halogenated alkanes) is 10. The van der Waals surface area contributed by atoms with Gasteiger partial charge in [0.25, 0.3) is 0 Å². The van der Waals surface area contributed by atoms with Crippen molar-refractivity contribution in [3.63, 3.8) is 0 Å². The molecule has 0 aromatic heterocycles. The maximum atomic E-state index is 11.7. The lowest BCUT2D eigenvalue weighted by Crippen LogP contribution is -2.37. The fourth-order valence-corrected chi connectivity index (χ4v) is 3.50. The lowest BCUT2D eigenvalue weighted by molar-refractivity contribution is -0.870. The minimum atomic E-state index is -4.15. The molecule has 0 saturated carbocycles. The molecule has 180 valence electrons. The van der Waals surface area contributed by atoms with E-state index in [-0.39, 0.29) is 19.8 Å². The zero-order valence-corrected chi connectivity index (χ0v) is 20.7. The molecule has 0 aliphatic carbocycles. The molecule has 0 amide bonds. The quantitative estimate of drug-likeness (QED) is 0.110. The number of aliphatic hydroxyl groups excluding tert-OH is 1. The minimum absolute atomic E-state index is 0.00735. The van der Waals surface area contributed by atoms with Crippen LogP contribution in [-0.2, 0) is 18.3 Å². The summed E-state index contributed by atoms with van der Waals surface area (Å²) in [6.07, 6.45) is 16.6. The van der Waals surface area contributed by atoms with Crippen molar-refractivity contribution in [2.24, 2.45) is 0 Å². The summed E-state index contributed by atoms with van der Waals surface area (Å²) in [6.45, 7) is 2.62. The maximum absolute atomic E-state index is 11.7. The van der Waals surface area contributed by atoms with Crippen LogP contribution < -0.4 is 0 Å². The number of rotatable bonds is 21. The van der Waals surface area contributed by atoms with Gasteiger partial charge in [0.1, 0.15) is 25.9 Å². The Labute approximate surface area is 184 Å². The van der Waals surface area contributed by atoms with E-state index in [1.165, 1.54) is 57.8 Å². The second-order valence-electron chi connectivity index (χ2n) is 8.94. The van der Waals surface area contributed by atoms with Gasteiger partial charge >= 0.3 is 7.82 Å². The van der Waals surface area contributed by atoms with Crippen LogP contribution in [0, 0.1) is 0 Å². The molecule has 2 atom stereocenters. The van der Waals surface area contributed by atoms with Crippen LogP contribution in [0.25, 0.3) is 0 Å². The smallest absolute Gasteiger partial charge is 0.472 e. The van der Waals surface area contributed by atoms with Gasteiger partial charge in [-0.3, -0.25) is 9.05 Å². The Balaban J connectivity index is 3.55. The normalized spacial score (nSPS) is 15.4. The molecule has 30 heavy (non-hydrogen) atoms. The number of phosphoric acid groups is 1.